The summed E-state index contributed by atoms with van der Waals surface area (Å²) in [6, 6.07) is 11.4. The van der Waals surface area contributed by atoms with Crippen molar-refractivity contribution in [3.8, 4) is 5.88 Å². The number of benzene rings is 1. The fraction of sp³-hybridized carbons (Fsp3) is 0.389. The number of aryl methyl sites for hydroxylation is 2. The molecule has 0 atom stereocenters. The molecule has 0 radical (unpaired) electrons. The van der Waals surface area contributed by atoms with Crippen LogP contribution in [-0.2, 0) is 0 Å². The van der Waals surface area contributed by atoms with E-state index in [0.29, 0.717) is 19.0 Å². The molecule has 0 saturated carbocycles. The SMILES string of the molecule is Cc1ccc(OC2CCN(C(=O)Nc3ccccc3C)CC2)nn1. The monoisotopic (exact) mass is 326 g/mol. The van der Waals surface area contributed by atoms with Crippen LogP contribution in [0.3, 0.4) is 0 Å². The van der Waals surface area contributed by atoms with E-state index >= 15 is 0 Å². The molecule has 126 valence electrons. The van der Waals surface area contributed by atoms with Crippen molar-refractivity contribution >= 4 is 11.7 Å². The molecule has 3 rings (SSSR count). The number of aromatic nitrogens is 2. The number of rotatable bonds is 3. The quantitative estimate of drug-likeness (QED) is 0.941. The van der Waals surface area contributed by atoms with Gasteiger partial charge >= 0.3 is 6.03 Å². The average molecular weight is 326 g/mol. The van der Waals surface area contributed by atoms with E-state index < -0.39 is 0 Å². The molecule has 1 aliphatic rings. The van der Waals surface area contributed by atoms with Crippen molar-refractivity contribution in [2.45, 2.75) is 32.8 Å². The highest BCUT2D eigenvalue weighted by Crippen LogP contribution is 2.19. The Bertz CT molecular complexity index is 694. The minimum absolute atomic E-state index is 0.0575. The van der Waals surface area contributed by atoms with Gasteiger partial charge in [-0.25, -0.2) is 4.79 Å². The molecule has 1 N–H and O–H groups in total. The van der Waals surface area contributed by atoms with E-state index in [0.717, 1.165) is 29.8 Å². The molecular formula is C18H22N4O2. The predicted octanol–water partition coefficient (Wildman–Crippen LogP) is 3.17. The molecule has 1 saturated heterocycles. The van der Waals surface area contributed by atoms with Gasteiger partial charge in [-0.1, -0.05) is 18.2 Å². The van der Waals surface area contributed by atoms with E-state index in [1.807, 2.05) is 55.1 Å². The number of amides is 2. The van der Waals surface area contributed by atoms with Gasteiger partial charge in [-0.15, -0.1) is 5.10 Å². The van der Waals surface area contributed by atoms with Crippen molar-refractivity contribution in [1.82, 2.24) is 15.1 Å². The maximum Gasteiger partial charge on any atom is 0.321 e. The summed E-state index contributed by atoms with van der Waals surface area (Å²) >= 11 is 0. The number of piperidine rings is 1. The number of carbonyl (C=O) groups is 1. The minimum atomic E-state index is -0.0575. The second-order valence-electron chi connectivity index (χ2n) is 6.06. The summed E-state index contributed by atoms with van der Waals surface area (Å²) in [5, 5.41) is 11.0. The van der Waals surface area contributed by atoms with Crippen LogP contribution in [0.25, 0.3) is 0 Å². The van der Waals surface area contributed by atoms with Crippen molar-refractivity contribution in [2.24, 2.45) is 0 Å². The number of para-hydroxylation sites is 1. The lowest BCUT2D eigenvalue weighted by molar-refractivity contribution is 0.110. The van der Waals surface area contributed by atoms with Crippen molar-refractivity contribution in [2.75, 3.05) is 18.4 Å². The molecule has 0 bridgehead atoms. The van der Waals surface area contributed by atoms with Crippen LogP contribution in [0, 0.1) is 13.8 Å². The summed E-state index contributed by atoms with van der Waals surface area (Å²) in [6.07, 6.45) is 1.65. The third kappa shape index (κ3) is 4.01. The summed E-state index contributed by atoms with van der Waals surface area (Å²) in [7, 11) is 0. The summed E-state index contributed by atoms with van der Waals surface area (Å²) in [4.78, 5) is 14.2. The van der Waals surface area contributed by atoms with Crippen molar-refractivity contribution in [1.29, 1.82) is 0 Å². The number of nitrogens with zero attached hydrogens (tertiary/aromatic N) is 3. The largest absolute Gasteiger partial charge is 0.473 e. The molecule has 1 aromatic carbocycles. The summed E-state index contributed by atoms with van der Waals surface area (Å²) < 4.78 is 5.84. The zero-order valence-corrected chi connectivity index (χ0v) is 14.0. The van der Waals surface area contributed by atoms with Gasteiger partial charge in [-0.2, -0.15) is 5.10 Å². The van der Waals surface area contributed by atoms with Crippen LogP contribution in [0.2, 0.25) is 0 Å². The molecule has 1 fully saturated rings. The summed E-state index contributed by atoms with van der Waals surface area (Å²) in [5.41, 5.74) is 2.78. The van der Waals surface area contributed by atoms with Crippen LogP contribution in [-0.4, -0.2) is 40.3 Å². The van der Waals surface area contributed by atoms with Gasteiger partial charge in [0.15, 0.2) is 0 Å². The van der Waals surface area contributed by atoms with Crippen LogP contribution in [0.4, 0.5) is 10.5 Å². The zero-order chi connectivity index (χ0) is 16.9. The van der Waals surface area contributed by atoms with E-state index in [1.54, 1.807) is 0 Å². The van der Waals surface area contributed by atoms with Crippen molar-refractivity contribution in [3.05, 3.63) is 47.7 Å². The van der Waals surface area contributed by atoms with Gasteiger partial charge < -0.3 is 15.0 Å². The Morgan fingerprint density at radius 1 is 1.12 bits per heavy atom. The number of nitrogens with one attached hydrogen (secondary N) is 1. The predicted molar refractivity (Wildman–Crippen MR) is 92.2 cm³/mol. The van der Waals surface area contributed by atoms with Gasteiger partial charge in [0.05, 0.1) is 5.69 Å². The maximum atomic E-state index is 12.4. The third-order valence-corrected chi connectivity index (χ3v) is 4.18. The third-order valence-electron chi connectivity index (χ3n) is 4.18. The Morgan fingerprint density at radius 3 is 2.54 bits per heavy atom. The second-order valence-corrected chi connectivity index (χ2v) is 6.06. The molecule has 6 heteroatoms. The van der Waals surface area contributed by atoms with Crippen LogP contribution < -0.4 is 10.1 Å². The summed E-state index contributed by atoms with van der Waals surface area (Å²) in [6.45, 7) is 5.21. The molecule has 1 aliphatic heterocycles. The number of ether oxygens (including phenoxy) is 1. The van der Waals surface area contributed by atoms with Gasteiger partial charge in [-0.05, 0) is 31.5 Å². The molecular weight excluding hydrogens is 304 g/mol. The molecule has 0 aliphatic carbocycles. The normalized spacial score (nSPS) is 15.2. The fourth-order valence-electron chi connectivity index (χ4n) is 2.70. The lowest BCUT2D eigenvalue weighted by Crippen LogP contribution is -2.43. The van der Waals surface area contributed by atoms with Gasteiger partial charge in [0.1, 0.15) is 6.10 Å². The first kappa shape index (κ1) is 16.2. The molecule has 2 heterocycles. The molecule has 1 aromatic heterocycles. The first-order chi connectivity index (χ1) is 11.6. The molecule has 2 amide bonds. The van der Waals surface area contributed by atoms with E-state index in [-0.39, 0.29) is 12.1 Å². The van der Waals surface area contributed by atoms with Gasteiger partial charge in [0.25, 0.3) is 0 Å². The number of hydrogen-bond donors (Lipinski definition) is 1. The Labute approximate surface area is 141 Å². The highest BCUT2D eigenvalue weighted by Gasteiger charge is 2.24. The first-order valence-corrected chi connectivity index (χ1v) is 8.20. The number of likely N-dealkylation sites (tertiary alicyclic amines) is 1. The highest BCUT2D eigenvalue weighted by atomic mass is 16.5. The maximum absolute atomic E-state index is 12.4. The standard InChI is InChI=1S/C18H22N4O2/c1-13-5-3-4-6-16(13)19-18(23)22-11-9-15(10-12-22)24-17-8-7-14(2)20-21-17/h3-8,15H,9-12H2,1-2H3,(H,19,23). The van der Waals surface area contributed by atoms with Crippen molar-refractivity contribution < 1.29 is 9.53 Å². The summed E-state index contributed by atoms with van der Waals surface area (Å²) in [5.74, 6) is 0.545. The van der Waals surface area contributed by atoms with Crippen LogP contribution in [0.1, 0.15) is 24.1 Å². The Balaban J connectivity index is 1.50. The molecule has 0 spiro atoms. The van der Waals surface area contributed by atoms with E-state index in [4.69, 9.17) is 4.74 Å². The molecule has 2 aromatic rings. The Hall–Kier alpha value is -2.63. The highest BCUT2D eigenvalue weighted by molar-refractivity contribution is 5.90. The van der Waals surface area contributed by atoms with E-state index in [9.17, 15) is 4.79 Å². The van der Waals surface area contributed by atoms with Gasteiger partial charge in [0, 0.05) is 37.7 Å². The van der Waals surface area contributed by atoms with Crippen LogP contribution in [0.15, 0.2) is 36.4 Å². The lowest BCUT2D eigenvalue weighted by Gasteiger charge is -2.32. The second kappa shape index (κ2) is 7.29. The smallest absolute Gasteiger partial charge is 0.321 e. The number of anilines is 1. The van der Waals surface area contributed by atoms with Gasteiger partial charge in [-0.3, -0.25) is 0 Å². The Morgan fingerprint density at radius 2 is 1.88 bits per heavy atom. The average Bonchev–Trinajstić information content (AvgIpc) is 2.59. The molecule has 6 nitrogen and oxygen atoms in total. The van der Waals surface area contributed by atoms with E-state index in [1.165, 1.54) is 0 Å². The number of urea groups is 1. The Kier molecular flexibility index (Phi) is 4.93. The zero-order valence-electron chi connectivity index (χ0n) is 14.0. The van der Waals surface area contributed by atoms with Crippen LogP contribution >= 0.6 is 0 Å². The van der Waals surface area contributed by atoms with Crippen molar-refractivity contribution in [3.63, 3.8) is 0 Å². The first-order valence-electron chi connectivity index (χ1n) is 8.20. The topological polar surface area (TPSA) is 67.3 Å². The lowest BCUT2D eigenvalue weighted by atomic mass is 10.1. The van der Waals surface area contributed by atoms with E-state index in [2.05, 4.69) is 15.5 Å². The number of hydrogen-bond acceptors (Lipinski definition) is 4. The fourth-order valence-corrected chi connectivity index (χ4v) is 2.70. The molecule has 0 unspecified atom stereocenters. The van der Waals surface area contributed by atoms with Gasteiger partial charge in [0.2, 0.25) is 5.88 Å². The number of carbonyl (C=O) groups excluding carboxylic acids is 1. The molecule has 24 heavy (non-hydrogen) atoms. The minimum Gasteiger partial charge on any atom is -0.473 e. The van der Waals surface area contributed by atoms with Crippen LogP contribution in [0.5, 0.6) is 5.88 Å².